The van der Waals surface area contributed by atoms with Crippen molar-refractivity contribution in [1.29, 1.82) is 0 Å². The SMILES string of the molecule is CCn1c(=NC(=O)C=Cc2cc(OC)c(OC)c(OC)c2)sc2cc3c(cc21)OCCO3. The second kappa shape index (κ2) is 9.35. The van der Waals surface area contributed by atoms with Crippen molar-refractivity contribution in [3.63, 3.8) is 0 Å². The minimum atomic E-state index is -0.371. The fourth-order valence-electron chi connectivity index (χ4n) is 3.49. The molecule has 0 radical (unpaired) electrons. The summed E-state index contributed by atoms with van der Waals surface area (Å²) in [6.07, 6.45) is 3.09. The number of carbonyl (C=O) groups excluding carboxylic acids is 1. The van der Waals surface area contributed by atoms with Crippen LogP contribution in [-0.4, -0.2) is 45.0 Å². The van der Waals surface area contributed by atoms with Gasteiger partial charge in [0.2, 0.25) is 5.75 Å². The maximum atomic E-state index is 12.6. The van der Waals surface area contributed by atoms with E-state index < -0.39 is 0 Å². The molecule has 2 aromatic carbocycles. The van der Waals surface area contributed by atoms with E-state index in [0.29, 0.717) is 53.3 Å². The van der Waals surface area contributed by atoms with E-state index in [9.17, 15) is 4.79 Å². The van der Waals surface area contributed by atoms with Crippen molar-refractivity contribution in [3.05, 3.63) is 40.7 Å². The molecule has 0 aliphatic carbocycles. The number of aromatic nitrogens is 1. The zero-order chi connectivity index (χ0) is 22.7. The van der Waals surface area contributed by atoms with Crippen molar-refractivity contribution in [2.75, 3.05) is 34.5 Å². The molecule has 4 rings (SSSR count). The summed E-state index contributed by atoms with van der Waals surface area (Å²) in [5.41, 5.74) is 1.69. The summed E-state index contributed by atoms with van der Waals surface area (Å²) in [5.74, 6) is 2.57. The van der Waals surface area contributed by atoms with Gasteiger partial charge >= 0.3 is 0 Å². The molecule has 2 heterocycles. The molecule has 1 aliphatic heterocycles. The third kappa shape index (κ3) is 4.16. The largest absolute Gasteiger partial charge is 0.493 e. The Labute approximate surface area is 189 Å². The number of thiazole rings is 1. The van der Waals surface area contributed by atoms with E-state index in [1.165, 1.54) is 17.4 Å². The third-order valence-corrected chi connectivity index (χ3v) is 6.02. The maximum Gasteiger partial charge on any atom is 0.272 e. The van der Waals surface area contributed by atoms with E-state index in [2.05, 4.69) is 4.99 Å². The van der Waals surface area contributed by atoms with Gasteiger partial charge in [-0.15, -0.1) is 0 Å². The van der Waals surface area contributed by atoms with E-state index in [0.717, 1.165) is 15.8 Å². The molecule has 0 fully saturated rings. The van der Waals surface area contributed by atoms with E-state index in [1.54, 1.807) is 39.5 Å². The zero-order valence-corrected chi connectivity index (χ0v) is 19.2. The summed E-state index contributed by atoms with van der Waals surface area (Å²) >= 11 is 1.44. The first kappa shape index (κ1) is 21.8. The molecule has 0 atom stereocenters. The van der Waals surface area contributed by atoms with Crippen LogP contribution in [0.15, 0.2) is 35.3 Å². The number of fused-ring (bicyclic) bond motifs is 2. The fourth-order valence-corrected chi connectivity index (χ4v) is 4.60. The van der Waals surface area contributed by atoms with Gasteiger partial charge in [-0.2, -0.15) is 4.99 Å². The topological polar surface area (TPSA) is 80.5 Å². The van der Waals surface area contributed by atoms with Crippen molar-refractivity contribution in [2.24, 2.45) is 4.99 Å². The normalized spacial score (nSPS) is 13.6. The summed E-state index contributed by atoms with van der Waals surface area (Å²) < 4.78 is 30.4. The van der Waals surface area contributed by atoms with Gasteiger partial charge in [0.1, 0.15) is 13.2 Å². The van der Waals surface area contributed by atoms with E-state index in [4.69, 9.17) is 23.7 Å². The molecule has 9 heteroatoms. The molecular formula is C23H24N2O6S. The Morgan fingerprint density at radius 3 is 2.31 bits per heavy atom. The van der Waals surface area contributed by atoms with Gasteiger partial charge in [-0.3, -0.25) is 4.79 Å². The van der Waals surface area contributed by atoms with Crippen LogP contribution in [0.1, 0.15) is 12.5 Å². The molecule has 1 amide bonds. The number of carbonyl (C=O) groups is 1. The lowest BCUT2D eigenvalue weighted by molar-refractivity contribution is -0.113. The van der Waals surface area contributed by atoms with Gasteiger partial charge in [-0.1, -0.05) is 11.3 Å². The Morgan fingerprint density at radius 2 is 1.72 bits per heavy atom. The summed E-state index contributed by atoms with van der Waals surface area (Å²) in [6.45, 7) is 3.73. The van der Waals surface area contributed by atoms with Crippen molar-refractivity contribution in [2.45, 2.75) is 13.5 Å². The molecule has 0 saturated heterocycles. The first-order chi connectivity index (χ1) is 15.6. The number of methoxy groups -OCH3 is 3. The molecule has 0 spiro atoms. The number of hydrogen-bond donors (Lipinski definition) is 0. The summed E-state index contributed by atoms with van der Waals surface area (Å²) in [5, 5.41) is 0. The van der Waals surface area contributed by atoms with Crippen LogP contribution < -0.4 is 28.5 Å². The molecule has 0 bridgehead atoms. The van der Waals surface area contributed by atoms with Crippen LogP contribution in [0.5, 0.6) is 28.7 Å². The molecular weight excluding hydrogens is 432 g/mol. The van der Waals surface area contributed by atoms with Crippen molar-refractivity contribution < 1.29 is 28.5 Å². The van der Waals surface area contributed by atoms with E-state index in [1.807, 2.05) is 23.6 Å². The Bertz CT molecular complexity index is 1230. The molecule has 0 N–H and O–H groups in total. The van der Waals surface area contributed by atoms with Gasteiger partial charge in [0, 0.05) is 24.8 Å². The number of rotatable bonds is 6. The highest BCUT2D eigenvalue weighted by molar-refractivity contribution is 7.16. The Hall–Kier alpha value is -3.46. The molecule has 1 aliphatic rings. The minimum Gasteiger partial charge on any atom is -0.493 e. The van der Waals surface area contributed by atoms with Crippen LogP contribution in [0.3, 0.4) is 0 Å². The molecule has 3 aromatic rings. The average molecular weight is 457 g/mol. The van der Waals surface area contributed by atoms with E-state index in [-0.39, 0.29) is 5.91 Å². The number of ether oxygens (including phenoxy) is 5. The average Bonchev–Trinajstić information content (AvgIpc) is 3.15. The molecule has 0 unspecified atom stereocenters. The number of amides is 1. The quantitative estimate of drug-likeness (QED) is 0.527. The molecule has 32 heavy (non-hydrogen) atoms. The van der Waals surface area contributed by atoms with Gasteiger partial charge in [-0.25, -0.2) is 0 Å². The first-order valence-electron chi connectivity index (χ1n) is 10.1. The van der Waals surface area contributed by atoms with Crippen LogP contribution in [0.2, 0.25) is 0 Å². The lowest BCUT2D eigenvalue weighted by atomic mass is 10.1. The molecule has 1 aromatic heterocycles. The number of aryl methyl sites for hydroxylation is 1. The zero-order valence-electron chi connectivity index (χ0n) is 18.3. The van der Waals surface area contributed by atoms with Gasteiger partial charge in [-0.05, 0) is 30.7 Å². The van der Waals surface area contributed by atoms with Gasteiger partial charge in [0.15, 0.2) is 27.8 Å². The monoisotopic (exact) mass is 456 g/mol. The Morgan fingerprint density at radius 1 is 1.06 bits per heavy atom. The Balaban J connectivity index is 1.67. The second-order valence-corrected chi connectivity index (χ2v) is 7.84. The molecule has 8 nitrogen and oxygen atoms in total. The highest BCUT2D eigenvalue weighted by Crippen LogP contribution is 2.38. The maximum absolute atomic E-state index is 12.6. The van der Waals surface area contributed by atoms with Gasteiger partial charge in [0.05, 0.1) is 31.5 Å². The van der Waals surface area contributed by atoms with Gasteiger partial charge in [0.25, 0.3) is 5.91 Å². The van der Waals surface area contributed by atoms with Crippen LogP contribution in [-0.2, 0) is 11.3 Å². The smallest absolute Gasteiger partial charge is 0.272 e. The van der Waals surface area contributed by atoms with Crippen molar-refractivity contribution in [3.8, 4) is 28.7 Å². The third-order valence-electron chi connectivity index (χ3n) is 4.97. The van der Waals surface area contributed by atoms with E-state index >= 15 is 0 Å². The van der Waals surface area contributed by atoms with Crippen LogP contribution in [0.4, 0.5) is 0 Å². The highest BCUT2D eigenvalue weighted by Gasteiger charge is 2.16. The summed E-state index contributed by atoms with van der Waals surface area (Å²) in [4.78, 5) is 17.6. The number of nitrogens with zero attached hydrogens (tertiary/aromatic N) is 2. The van der Waals surface area contributed by atoms with Crippen LogP contribution in [0, 0.1) is 0 Å². The second-order valence-electron chi connectivity index (χ2n) is 6.83. The minimum absolute atomic E-state index is 0.371. The van der Waals surface area contributed by atoms with Crippen molar-refractivity contribution >= 4 is 33.5 Å². The summed E-state index contributed by atoms with van der Waals surface area (Å²) in [6, 6.07) is 7.41. The standard InChI is InChI=1S/C23H24N2O6S/c1-5-25-15-12-16-17(31-9-8-30-16)13-20(15)32-23(25)24-21(26)7-6-14-10-18(27-2)22(29-4)19(11-14)28-3/h6-7,10-13H,5,8-9H2,1-4H3. The first-order valence-corrected chi connectivity index (χ1v) is 10.9. The molecule has 0 saturated carbocycles. The fraction of sp³-hybridized carbons (Fsp3) is 0.304. The predicted octanol–water partition coefficient (Wildman–Crippen LogP) is 3.66. The molecule has 168 valence electrons. The number of benzene rings is 2. The van der Waals surface area contributed by atoms with Crippen LogP contribution >= 0.6 is 11.3 Å². The lowest BCUT2D eigenvalue weighted by Gasteiger charge is -2.18. The van der Waals surface area contributed by atoms with Crippen molar-refractivity contribution in [1.82, 2.24) is 4.57 Å². The predicted molar refractivity (Wildman–Crippen MR) is 122 cm³/mol. The summed E-state index contributed by atoms with van der Waals surface area (Å²) in [7, 11) is 4.63. The Kier molecular flexibility index (Phi) is 6.36. The van der Waals surface area contributed by atoms with Gasteiger partial charge < -0.3 is 28.3 Å². The van der Waals surface area contributed by atoms with Crippen LogP contribution in [0.25, 0.3) is 16.3 Å². The highest BCUT2D eigenvalue weighted by atomic mass is 32.1. The number of hydrogen-bond acceptors (Lipinski definition) is 7. The lowest BCUT2D eigenvalue weighted by Crippen LogP contribution is -2.16.